The summed E-state index contributed by atoms with van der Waals surface area (Å²) in [6.07, 6.45) is 4.85. The van der Waals surface area contributed by atoms with Crippen molar-refractivity contribution in [3.05, 3.63) is 17.7 Å². The Morgan fingerprint density at radius 3 is 2.67 bits per heavy atom. The zero-order valence-corrected chi connectivity index (χ0v) is 4.20. The molecule has 0 unspecified atom stereocenters. The van der Waals surface area contributed by atoms with Gasteiger partial charge in [0.25, 0.3) is 0 Å². The highest BCUT2D eigenvalue weighted by molar-refractivity contribution is 7.86. The van der Waals surface area contributed by atoms with E-state index in [1.807, 2.05) is 0 Å². The van der Waals surface area contributed by atoms with Crippen LogP contribution in [0.1, 0.15) is 0 Å². The van der Waals surface area contributed by atoms with Crippen molar-refractivity contribution in [2.75, 3.05) is 0 Å². The smallest absolute Gasteiger partial charge is 0.0765 e. The zero-order chi connectivity index (χ0) is 4.83. The molecule has 0 spiro atoms. The lowest BCUT2D eigenvalue weighted by Gasteiger charge is -1.47. The van der Waals surface area contributed by atoms with Crippen molar-refractivity contribution in [3.63, 3.8) is 0 Å². The van der Waals surface area contributed by atoms with Gasteiger partial charge in [-0.1, -0.05) is 18.7 Å². The third-order valence-electron chi connectivity index (χ3n) is 0.230. The fraction of sp³-hybridized carbons (Fsp3) is 0. The van der Waals surface area contributed by atoms with E-state index in [2.05, 4.69) is 17.6 Å². The zero-order valence-electron chi connectivity index (χ0n) is 3.31. The van der Waals surface area contributed by atoms with Crippen molar-refractivity contribution >= 4 is 11.8 Å². The maximum absolute atomic E-state index is 4.85. The average Bonchev–Trinajstić information content (AvgIpc) is 1.61. The molecule has 0 fully saturated rings. The molecule has 0 bridgehead atoms. The van der Waals surface area contributed by atoms with E-state index in [1.165, 1.54) is 0 Å². The van der Waals surface area contributed by atoms with Gasteiger partial charge in [-0.3, -0.25) is 0 Å². The minimum Gasteiger partial charge on any atom is -0.0765 e. The molecule has 0 aliphatic rings. The van der Waals surface area contributed by atoms with Crippen LogP contribution in [0, 0.1) is 11.7 Å². The first-order valence-electron chi connectivity index (χ1n) is 1.41. The highest BCUT2D eigenvalue weighted by atomic mass is 32.2. The summed E-state index contributed by atoms with van der Waals surface area (Å²) in [5, 5.41) is 4.06. The maximum atomic E-state index is 4.85. The predicted molar refractivity (Wildman–Crippen MR) is 31.3 cm³/mol. The van der Waals surface area contributed by atoms with Crippen LogP contribution < -0.4 is 0 Å². The predicted octanol–water partition coefficient (Wildman–Crippen LogP) is 0.691. The molecule has 0 aromatic heterocycles. The molecule has 0 N–H and O–H groups in total. The van der Waals surface area contributed by atoms with Crippen LogP contribution in [0.5, 0.6) is 0 Å². The van der Waals surface area contributed by atoms with Gasteiger partial charge in [0.2, 0.25) is 0 Å². The fourth-order valence-corrected chi connectivity index (χ4v) is 0.249. The largest absolute Gasteiger partial charge is 0.173 e. The molecular weight excluding hydrogens is 92.1 g/mol. The summed E-state index contributed by atoms with van der Waals surface area (Å²) < 4.78 is 0. The molecule has 30 valence electrons. The normalized spacial score (nSPS) is 5.17. The molecule has 0 aliphatic carbocycles. The van der Waals surface area contributed by atoms with E-state index in [1.54, 1.807) is 5.41 Å². The minimum absolute atomic E-state index is 0.841. The number of terminal acetylenes is 1. The first-order valence-corrected chi connectivity index (χ1v) is 2.38. The van der Waals surface area contributed by atoms with E-state index >= 15 is 0 Å². The van der Waals surface area contributed by atoms with Crippen molar-refractivity contribution in [3.8, 4) is 11.7 Å². The first kappa shape index (κ1) is 5.43. The third kappa shape index (κ3) is 3.43. The Morgan fingerprint density at radius 1 is 1.83 bits per heavy atom. The number of rotatable bonds is 1. The van der Waals surface area contributed by atoms with Crippen LogP contribution >= 0.6 is 0 Å². The van der Waals surface area contributed by atoms with Gasteiger partial charge in [-0.15, -0.1) is 0 Å². The molecule has 0 heterocycles. The van der Waals surface area contributed by atoms with E-state index in [0.29, 0.717) is 0 Å². The molecule has 0 saturated heterocycles. The number of hydrogen-bond acceptors (Lipinski definition) is 0. The van der Waals surface area contributed by atoms with Gasteiger partial charge in [-0.05, 0) is 0 Å². The second-order valence-electron chi connectivity index (χ2n) is 0.591. The molecule has 0 amide bonds. The van der Waals surface area contributed by atoms with Crippen LogP contribution in [0.3, 0.4) is 0 Å². The highest BCUT2D eigenvalue weighted by Gasteiger charge is 1.69. The van der Waals surface area contributed by atoms with Gasteiger partial charge in [-0.2, -0.15) is 0 Å². The van der Waals surface area contributed by atoms with E-state index in [4.69, 9.17) is 6.42 Å². The monoisotopic (exact) mass is 97.0 g/mol. The summed E-state index contributed by atoms with van der Waals surface area (Å²) in [6.45, 7) is 3.32. The van der Waals surface area contributed by atoms with E-state index in [-0.39, 0.29) is 0 Å². The van der Waals surface area contributed by atoms with Crippen LogP contribution in [0.15, 0.2) is 17.7 Å². The molecule has 0 saturated carbocycles. The maximum Gasteiger partial charge on any atom is 0.173 e. The summed E-state index contributed by atoms with van der Waals surface area (Å²) in [7, 11) is 0. The van der Waals surface area contributed by atoms with Crippen LogP contribution in [0.25, 0.3) is 0 Å². The number of thiol groups is 1. The quantitative estimate of drug-likeness (QED) is 0.195. The van der Waals surface area contributed by atoms with Gasteiger partial charge in [-0.25, -0.2) is 0 Å². The molecule has 0 radical (unpaired) electrons. The second kappa shape index (κ2) is 4.43. The number of hydrogen-bond donors (Lipinski definition) is 0. The Bertz CT molecular complexity index is 102. The Labute approximate surface area is 41.9 Å². The van der Waals surface area contributed by atoms with Crippen molar-refractivity contribution < 1.29 is 0 Å². The molecule has 0 nitrogen and oxygen atoms in total. The molecule has 0 atom stereocenters. The van der Waals surface area contributed by atoms with Gasteiger partial charge >= 0.3 is 0 Å². The van der Waals surface area contributed by atoms with Gasteiger partial charge < -0.3 is 0 Å². The highest BCUT2D eigenvalue weighted by Crippen LogP contribution is 1.64. The molecule has 0 aromatic carbocycles. The Hall–Kier alpha value is -0.570. The summed E-state index contributed by atoms with van der Waals surface area (Å²) in [5.74, 6) is 0. The summed E-state index contributed by atoms with van der Waals surface area (Å²) in [4.78, 5) is 0. The Balaban J connectivity index is 3.16. The van der Waals surface area contributed by atoms with Crippen LogP contribution in [0.4, 0.5) is 0 Å². The lowest BCUT2D eigenvalue weighted by atomic mass is 11.0. The minimum atomic E-state index is 0.841. The van der Waals surface area contributed by atoms with E-state index in [9.17, 15) is 0 Å². The topological polar surface area (TPSA) is 0 Å². The first-order chi connectivity index (χ1) is 2.91. The second-order valence-corrected chi connectivity index (χ2v) is 1.37. The van der Waals surface area contributed by atoms with Crippen molar-refractivity contribution in [2.24, 2.45) is 0 Å². The van der Waals surface area contributed by atoms with Crippen molar-refractivity contribution in [1.82, 2.24) is 0 Å². The van der Waals surface area contributed by atoms with Crippen LogP contribution in [-0.2, 0) is 11.8 Å². The Morgan fingerprint density at radius 2 is 2.50 bits per heavy atom. The van der Waals surface area contributed by atoms with Gasteiger partial charge in [0.1, 0.15) is 0 Å². The fourth-order valence-electron chi connectivity index (χ4n) is 0.0829. The van der Waals surface area contributed by atoms with Gasteiger partial charge in [0.15, 0.2) is 10.7 Å². The van der Waals surface area contributed by atoms with Crippen LogP contribution in [-0.4, -0.2) is 0 Å². The van der Waals surface area contributed by atoms with E-state index < -0.39 is 0 Å². The summed E-state index contributed by atoms with van der Waals surface area (Å²) in [6, 6.07) is 0. The molecular formula is C5H5S+. The molecule has 6 heavy (non-hydrogen) atoms. The van der Waals surface area contributed by atoms with E-state index in [0.717, 1.165) is 11.8 Å². The van der Waals surface area contributed by atoms with Crippen LogP contribution in [0.2, 0.25) is 0 Å². The summed E-state index contributed by atoms with van der Waals surface area (Å²) in [5.41, 5.74) is 2.54. The van der Waals surface area contributed by atoms with Crippen molar-refractivity contribution in [1.29, 1.82) is 0 Å². The Kier molecular flexibility index (Phi) is 4.01. The lowest BCUT2D eigenvalue weighted by molar-refractivity contribution is 2.44. The molecule has 0 rings (SSSR count). The summed E-state index contributed by atoms with van der Waals surface area (Å²) >= 11 is 0.841. The molecule has 0 aliphatic heterocycles. The average molecular weight is 97.2 g/mol. The lowest BCUT2D eigenvalue weighted by Crippen LogP contribution is -1.52. The standard InChI is InChI=1S/C5H4S/c1-3-5-6-4-2/h2,5H,1H2/p+1. The molecule has 0 aromatic rings. The van der Waals surface area contributed by atoms with Gasteiger partial charge in [0, 0.05) is 0 Å². The SMILES string of the molecule is C#C[SH+]C=C=C. The third-order valence-corrected chi connectivity index (χ3v) is 0.691. The molecule has 1 heteroatoms. The van der Waals surface area contributed by atoms with Crippen molar-refractivity contribution in [2.45, 2.75) is 0 Å². The van der Waals surface area contributed by atoms with Gasteiger partial charge in [0.05, 0.1) is 11.8 Å².